The topological polar surface area (TPSA) is 54.9 Å². The van der Waals surface area contributed by atoms with Crippen LogP contribution >= 0.6 is 11.6 Å². The van der Waals surface area contributed by atoms with E-state index < -0.39 is 0 Å². The van der Waals surface area contributed by atoms with Gasteiger partial charge in [0.1, 0.15) is 5.75 Å². The van der Waals surface area contributed by atoms with Crippen molar-refractivity contribution in [2.75, 3.05) is 33.4 Å². The highest BCUT2D eigenvalue weighted by molar-refractivity contribution is 6.30. The zero-order chi connectivity index (χ0) is 16.2. The Bertz CT molecular complexity index is 467. The number of halogens is 1. The minimum atomic E-state index is 0.534. The van der Waals surface area contributed by atoms with E-state index in [1.165, 1.54) is 0 Å². The van der Waals surface area contributed by atoms with Crippen molar-refractivity contribution in [3.8, 4) is 5.75 Å². The smallest absolute Gasteiger partial charge is 0.191 e. The average Bonchev–Trinajstić information content (AvgIpc) is 2.51. The molecule has 1 aromatic carbocycles. The molecule has 0 aromatic heterocycles. The number of rotatable bonds is 9. The van der Waals surface area contributed by atoms with E-state index in [0.29, 0.717) is 18.2 Å². The summed E-state index contributed by atoms with van der Waals surface area (Å²) in [6, 6.07) is 5.63. The number of guanidine groups is 1. The Morgan fingerprint density at radius 3 is 2.77 bits per heavy atom. The summed E-state index contributed by atoms with van der Waals surface area (Å²) < 4.78 is 10.6. The van der Waals surface area contributed by atoms with Crippen LogP contribution in [0.5, 0.6) is 5.75 Å². The van der Waals surface area contributed by atoms with Gasteiger partial charge in [0.15, 0.2) is 5.96 Å². The molecule has 0 unspecified atom stereocenters. The molecule has 0 atom stereocenters. The van der Waals surface area contributed by atoms with Crippen molar-refractivity contribution >= 4 is 17.6 Å². The zero-order valence-corrected chi connectivity index (χ0v) is 14.4. The Morgan fingerprint density at radius 1 is 1.27 bits per heavy atom. The lowest BCUT2D eigenvalue weighted by molar-refractivity contribution is 0.195. The highest BCUT2D eigenvalue weighted by Gasteiger charge is 2.05. The highest BCUT2D eigenvalue weighted by Crippen LogP contribution is 2.24. The minimum Gasteiger partial charge on any atom is -0.493 e. The highest BCUT2D eigenvalue weighted by atomic mass is 35.5. The van der Waals surface area contributed by atoms with Crippen LogP contribution < -0.4 is 15.4 Å². The second-order valence-electron chi connectivity index (χ2n) is 4.65. The summed E-state index contributed by atoms with van der Waals surface area (Å²) in [5.41, 5.74) is 1.01. The lowest BCUT2D eigenvalue weighted by Crippen LogP contribution is -2.38. The summed E-state index contributed by atoms with van der Waals surface area (Å²) in [5.74, 6) is 1.57. The average molecular weight is 328 g/mol. The molecule has 0 aliphatic rings. The molecule has 0 aliphatic heterocycles. The number of nitrogens with one attached hydrogen (secondary N) is 2. The minimum absolute atomic E-state index is 0.534. The van der Waals surface area contributed by atoms with Gasteiger partial charge >= 0.3 is 0 Å². The van der Waals surface area contributed by atoms with Crippen LogP contribution in [0.1, 0.15) is 25.8 Å². The molecule has 0 radical (unpaired) electrons. The van der Waals surface area contributed by atoms with Crippen LogP contribution in [0.4, 0.5) is 0 Å². The first-order valence-corrected chi connectivity index (χ1v) is 8.01. The van der Waals surface area contributed by atoms with E-state index in [9.17, 15) is 0 Å². The third-order valence-corrected chi connectivity index (χ3v) is 3.13. The molecular weight excluding hydrogens is 302 g/mol. The van der Waals surface area contributed by atoms with Crippen LogP contribution in [0.3, 0.4) is 0 Å². The monoisotopic (exact) mass is 327 g/mol. The van der Waals surface area contributed by atoms with Gasteiger partial charge in [-0.1, -0.05) is 17.7 Å². The predicted molar refractivity (Wildman–Crippen MR) is 91.9 cm³/mol. The largest absolute Gasteiger partial charge is 0.493 e. The molecule has 0 bridgehead atoms. The van der Waals surface area contributed by atoms with Crippen molar-refractivity contribution in [1.29, 1.82) is 0 Å². The fourth-order valence-electron chi connectivity index (χ4n) is 1.88. The van der Waals surface area contributed by atoms with Crippen LogP contribution in [0, 0.1) is 0 Å². The van der Waals surface area contributed by atoms with Gasteiger partial charge < -0.3 is 20.1 Å². The van der Waals surface area contributed by atoms with E-state index in [1.807, 2.05) is 32.0 Å². The van der Waals surface area contributed by atoms with Crippen molar-refractivity contribution in [2.24, 2.45) is 4.99 Å². The molecule has 0 saturated heterocycles. The maximum Gasteiger partial charge on any atom is 0.191 e. The maximum absolute atomic E-state index is 6.01. The second-order valence-corrected chi connectivity index (χ2v) is 5.09. The number of aliphatic imine (C=N–C) groups is 1. The molecule has 0 saturated carbocycles. The van der Waals surface area contributed by atoms with Gasteiger partial charge in [-0.05, 0) is 32.4 Å². The molecule has 22 heavy (non-hydrogen) atoms. The van der Waals surface area contributed by atoms with Crippen LogP contribution in [-0.2, 0) is 11.3 Å². The van der Waals surface area contributed by atoms with Gasteiger partial charge in [0, 0.05) is 37.4 Å². The Balaban J connectivity index is 2.68. The van der Waals surface area contributed by atoms with Gasteiger partial charge in [-0.15, -0.1) is 0 Å². The molecular formula is C16H26ClN3O2. The first-order chi connectivity index (χ1) is 10.7. The van der Waals surface area contributed by atoms with Gasteiger partial charge in [-0.2, -0.15) is 0 Å². The quantitative estimate of drug-likeness (QED) is 0.416. The number of hydrogen-bond donors (Lipinski definition) is 2. The molecule has 0 aliphatic carbocycles. The van der Waals surface area contributed by atoms with Crippen molar-refractivity contribution in [3.63, 3.8) is 0 Å². The fourth-order valence-corrected chi connectivity index (χ4v) is 2.04. The fraction of sp³-hybridized carbons (Fsp3) is 0.562. The van der Waals surface area contributed by atoms with Crippen molar-refractivity contribution in [2.45, 2.75) is 26.8 Å². The number of methoxy groups -OCH3 is 1. The van der Waals surface area contributed by atoms with Crippen molar-refractivity contribution in [3.05, 3.63) is 28.8 Å². The predicted octanol–water partition coefficient (Wildman–Crippen LogP) is 2.83. The lowest BCUT2D eigenvalue weighted by Gasteiger charge is -2.12. The van der Waals surface area contributed by atoms with Crippen LogP contribution in [0.2, 0.25) is 5.02 Å². The van der Waals surface area contributed by atoms with Gasteiger partial charge in [-0.25, -0.2) is 4.99 Å². The Labute approximate surface area is 138 Å². The Morgan fingerprint density at radius 2 is 2.09 bits per heavy atom. The van der Waals surface area contributed by atoms with E-state index in [4.69, 9.17) is 21.1 Å². The second kappa shape index (κ2) is 11.2. The molecule has 6 heteroatoms. The van der Waals surface area contributed by atoms with Gasteiger partial charge in [0.2, 0.25) is 0 Å². The summed E-state index contributed by atoms with van der Waals surface area (Å²) in [5, 5.41) is 7.17. The molecule has 1 aromatic rings. The molecule has 0 amide bonds. The molecule has 0 fully saturated rings. The number of nitrogens with zero attached hydrogens (tertiary/aromatic N) is 1. The lowest BCUT2D eigenvalue weighted by atomic mass is 10.2. The first kappa shape index (κ1) is 18.6. The van der Waals surface area contributed by atoms with E-state index in [1.54, 1.807) is 7.11 Å². The van der Waals surface area contributed by atoms with E-state index in [0.717, 1.165) is 43.4 Å². The van der Waals surface area contributed by atoms with Crippen LogP contribution in [0.25, 0.3) is 0 Å². The molecule has 0 heterocycles. The van der Waals surface area contributed by atoms with Gasteiger partial charge in [-0.3, -0.25) is 0 Å². The SMILES string of the molecule is CCNC(=NCc1ccc(Cl)cc1OCC)NCCCOC. The number of ether oxygens (including phenoxy) is 2. The van der Waals surface area contributed by atoms with Gasteiger partial charge in [0.05, 0.1) is 13.2 Å². The normalized spacial score (nSPS) is 11.4. The Hall–Kier alpha value is -1.46. The summed E-state index contributed by atoms with van der Waals surface area (Å²) in [7, 11) is 1.70. The molecule has 124 valence electrons. The number of hydrogen-bond acceptors (Lipinski definition) is 3. The first-order valence-electron chi connectivity index (χ1n) is 7.63. The standard InChI is InChI=1S/C16H26ClN3O2/c1-4-18-16(19-9-6-10-21-3)20-12-13-7-8-14(17)11-15(13)22-5-2/h7-8,11H,4-6,9-10,12H2,1-3H3,(H2,18,19,20). The number of benzene rings is 1. The van der Waals surface area contributed by atoms with Crippen molar-refractivity contribution < 1.29 is 9.47 Å². The molecule has 1 rings (SSSR count). The Kier molecular flexibility index (Phi) is 9.42. The van der Waals surface area contributed by atoms with E-state index >= 15 is 0 Å². The third-order valence-electron chi connectivity index (χ3n) is 2.90. The summed E-state index contributed by atoms with van der Waals surface area (Å²) in [6.45, 7) is 7.50. The molecule has 2 N–H and O–H groups in total. The van der Waals surface area contributed by atoms with Crippen molar-refractivity contribution in [1.82, 2.24) is 10.6 Å². The van der Waals surface area contributed by atoms with Crippen LogP contribution in [0.15, 0.2) is 23.2 Å². The maximum atomic E-state index is 6.01. The van der Waals surface area contributed by atoms with Gasteiger partial charge in [0.25, 0.3) is 0 Å². The third kappa shape index (κ3) is 7.00. The summed E-state index contributed by atoms with van der Waals surface area (Å²) in [6.07, 6.45) is 0.937. The van der Waals surface area contributed by atoms with E-state index in [2.05, 4.69) is 15.6 Å². The zero-order valence-electron chi connectivity index (χ0n) is 13.6. The summed E-state index contributed by atoms with van der Waals surface area (Å²) >= 11 is 6.01. The summed E-state index contributed by atoms with van der Waals surface area (Å²) in [4.78, 5) is 4.58. The molecule has 5 nitrogen and oxygen atoms in total. The van der Waals surface area contributed by atoms with Crippen LogP contribution in [-0.4, -0.2) is 39.4 Å². The van der Waals surface area contributed by atoms with E-state index in [-0.39, 0.29) is 0 Å². The molecule has 0 spiro atoms.